The fourth-order valence-corrected chi connectivity index (χ4v) is 2.81. The maximum atomic E-state index is 5.84. The normalized spacial score (nSPS) is 18.7. The van der Waals surface area contributed by atoms with E-state index in [0.717, 1.165) is 36.3 Å². The van der Waals surface area contributed by atoms with Crippen LogP contribution in [0.2, 0.25) is 0 Å². The van der Waals surface area contributed by atoms with Gasteiger partial charge in [-0.1, -0.05) is 12.1 Å². The summed E-state index contributed by atoms with van der Waals surface area (Å²) in [6, 6.07) is 8.12. The van der Waals surface area contributed by atoms with E-state index in [2.05, 4.69) is 33.3 Å². The summed E-state index contributed by atoms with van der Waals surface area (Å²) in [7, 11) is 3.92. The van der Waals surface area contributed by atoms with Crippen molar-refractivity contribution >= 4 is 22.7 Å². The molecule has 3 rings (SSSR count). The molecule has 112 valence electrons. The molecule has 0 saturated carbocycles. The Morgan fingerprint density at radius 2 is 2.14 bits per heavy atom. The van der Waals surface area contributed by atoms with Gasteiger partial charge in [-0.25, -0.2) is 4.98 Å². The highest BCUT2D eigenvalue weighted by molar-refractivity contribution is 5.90. The summed E-state index contributed by atoms with van der Waals surface area (Å²) in [5.74, 6) is 1.61. The number of benzene rings is 1. The first kappa shape index (κ1) is 14.1. The smallest absolute Gasteiger partial charge is 0.224 e. The minimum absolute atomic E-state index is 0.301. The molecule has 21 heavy (non-hydrogen) atoms. The van der Waals surface area contributed by atoms with Gasteiger partial charge in [-0.2, -0.15) is 4.98 Å². The largest absolute Gasteiger partial charge is 0.376 e. The van der Waals surface area contributed by atoms with Crippen molar-refractivity contribution < 1.29 is 4.74 Å². The summed E-state index contributed by atoms with van der Waals surface area (Å²) < 4.78 is 5.84. The summed E-state index contributed by atoms with van der Waals surface area (Å²) in [6.07, 6.45) is 3.87. The van der Waals surface area contributed by atoms with Crippen LogP contribution in [0.1, 0.15) is 19.3 Å². The molecular weight excluding hydrogens is 264 g/mol. The maximum Gasteiger partial charge on any atom is 0.224 e. The van der Waals surface area contributed by atoms with E-state index in [9.17, 15) is 0 Å². The van der Waals surface area contributed by atoms with Crippen molar-refractivity contribution in [3.8, 4) is 0 Å². The van der Waals surface area contributed by atoms with Crippen LogP contribution in [0.15, 0.2) is 24.3 Å². The molecule has 0 radical (unpaired) electrons. The van der Waals surface area contributed by atoms with Gasteiger partial charge in [0.15, 0.2) is 0 Å². The van der Waals surface area contributed by atoms with Crippen molar-refractivity contribution in [3.63, 3.8) is 0 Å². The molecule has 0 amide bonds. The summed E-state index contributed by atoms with van der Waals surface area (Å²) in [4.78, 5) is 11.3. The van der Waals surface area contributed by atoms with Gasteiger partial charge in [-0.05, 0) is 31.4 Å². The number of hydrogen-bond donors (Lipinski definition) is 1. The SMILES string of the molecule is CNc1nc(N(C)CC2CCCCO2)c2ccccc2n1. The first-order chi connectivity index (χ1) is 10.3. The Balaban J connectivity index is 1.90. The van der Waals surface area contributed by atoms with Crippen molar-refractivity contribution in [2.24, 2.45) is 0 Å². The average Bonchev–Trinajstić information content (AvgIpc) is 2.54. The Morgan fingerprint density at radius 3 is 2.90 bits per heavy atom. The lowest BCUT2D eigenvalue weighted by Crippen LogP contribution is -2.34. The number of likely N-dealkylation sites (N-methyl/N-ethyl adjacent to an activating group) is 1. The Kier molecular flexibility index (Phi) is 4.20. The molecule has 1 atom stereocenters. The summed E-state index contributed by atoms with van der Waals surface area (Å²) in [6.45, 7) is 1.74. The predicted octanol–water partition coefficient (Wildman–Crippen LogP) is 2.68. The molecule has 5 nitrogen and oxygen atoms in total. The van der Waals surface area contributed by atoms with E-state index in [0.29, 0.717) is 12.1 Å². The molecule has 1 N–H and O–H groups in total. The van der Waals surface area contributed by atoms with Crippen LogP contribution >= 0.6 is 0 Å². The highest BCUT2D eigenvalue weighted by Gasteiger charge is 2.18. The Labute approximate surface area is 125 Å². The molecule has 2 aromatic rings. The van der Waals surface area contributed by atoms with E-state index in [1.807, 2.05) is 25.2 Å². The maximum absolute atomic E-state index is 5.84. The number of fused-ring (bicyclic) bond motifs is 1. The number of rotatable bonds is 4. The molecular formula is C16H22N4O. The van der Waals surface area contributed by atoms with Gasteiger partial charge in [0.2, 0.25) is 5.95 Å². The predicted molar refractivity (Wildman–Crippen MR) is 85.9 cm³/mol. The third-order valence-electron chi connectivity index (χ3n) is 3.92. The lowest BCUT2D eigenvalue weighted by molar-refractivity contribution is 0.0215. The molecule has 1 unspecified atom stereocenters. The lowest BCUT2D eigenvalue weighted by atomic mass is 10.1. The summed E-state index contributed by atoms with van der Waals surface area (Å²) in [5, 5.41) is 4.12. The summed E-state index contributed by atoms with van der Waals surface area (Å²) in [5.41, 5.74) is 0.961. The number of ether oxygens (including phenoxy) is 1. The number of hydrogen-bond acceptors (Lipinski definition) is 5. The third-order valence-corrected chi connectivity index (χ3v) is 3.92. The molecule has 2 heterocycles. The van der Waals surface area contributed by atoms with Crippen LogP contribution in [-0.2, 0) is 4.74 Å². The van der Waals surface area contributed by atoms with Crippen LogP contribution in [-0.4, -0.2) is 43.3 Å². The topological polar surface area (TPSA) is 50.3 Å². The second-order valence-electron chi connectivity index (χ2n) is 5.51. The quantitative estimate of drug-likeness (QED) is 0.936. The van der Waals surface area contributed by atoms with Gasteiger partial charge < -0.3 is 15.0 Å². The van der Waals surface area contributed by atoms with Crippen molar-refractivity contribution in [1.29, 1.82) is 0 Å². The Morgan fingerprint density at radius 1 is 1.29 bits per heavy atom. The number of nitrogens with one attached hydrogen (secondary N) is 1. The molecule has 1 aromatic heterocycles. The van der Waals surface area contributed by atoms with E-state index < -0.39 is 0 Å². The first-order valence-corrected chi connectivity index (χ1v) is 7.55. The standard InChI is InChI=1S/C16H22N4O/c1-17-16-18-14-9-4-3-8-13(14)15(19-16)20(2)11-12-7-5-6-10-21-12/h3-4,8-9,12H,5-7,10-11H2,1-2H3,(H,17,18,19). The van der Waals surface area contributed by atoms with E-state index >= 15 is 0 Å². The first-order valence-electron chi connectivity index (χ1n) is 7.55. The molecule has 1 aromatic carbocycles. The van der Waals surface area contributed by atoms with Gasteiger partial charge in [-0.3, -0.25) is 0 Å². The fourth-order valence-electron chi connectivity index (χ4n) is 2.81. The van der Waals surface area contributed by atoms with Gasteiger partial charge in [0, 0.05) is 32.6 Å². The number of anilines is 2. The molecule has 1 saturated heterocycles. The van der Waals surface area contributed by atoms with Gasteiger partial charge >= 0.3 is 0 Å². The number of para-hydroxylation sites is 1. The lowest BCUT2D eigenvalue weighted by Gasteiger charge is -2.28. The zero-order chi connectivity index (χ0) is 14.7. The van der Waals surface area contributed by atoms with Gasteiger partial charge in [0.05, 0.1) is 11.6 Å². The van der Waals surface area contributed by atoms with Crippen LogP contribution in [0.4, 0.5) is 11.8 Å². The van der Waals surface area contributed by atoms with Gasteiger partial charge in [0.25, 0.3) is 0 Å². The van der Waals surface area contributed by atoms with Crippen molar-refractivity contribution in [3.05, 3.63) is 24.3 Å². The molecule has 0 aliphatic carbocycles. The fraction of sp³-hybridized carbons (Fsp3) is 0.500. The van der Waals surface area contributed by atoms with Crippen molar-refractivity contribution in [2.45, 2.75) is 25.4 Å². The van der Waals surface area contributed by atoms with E-state index in [4.69, 9.17) is 4.74 Å². The van der Waals surface area contributed by atoms with Gasteiger partial charge in [-0.15, -0.1) is 0 Å². The van der Waals surface area contributed by atoms with Crippen molar-refractivity contribution in [2.75, 3.05) is 37.5 Å². The monoisotopic (exact) mass is 286 g/mol. The van der Waals surface area contributed by atoms with Crippen LogP contribution in [0.25, 0.3) is 10.9 Å². The summed E-state index contributed by atoms with van der Waals surface area (Å²) >= 11 is 0. The molecule has 5 heteroatoms. The van der Waals surface area contributed by atoms with Crippen LogP contribution in [0, 0.1) is 0 Å². The molecule has 1 aliphatic rings. The zero-order valence-electron chi connectivity index (χ0n) is 12.7. The minimum Gasteiger partial charge on any atom is -0.376 e. The van der Waals surface area contributed by atoms with E-state index in [1.165, 1.54) is 12.8 Å². The number of nitrogens with zero attached hydrogens (tertiary/aromatic N) is 3. The third kappa shape index (κ3) is 3.08. The number of aromatic nitrogens is 2. The Bertz CT molecular complexity index is 610. The van der Waals surface area contributed by atoms with Gasteiger partial charge in [0.1, 0.15) is 5.82 Å². The average molecular weight is 286 g/mol. The van der Waals surface area contributed by atoms with Crippen LogP contribution in [0.5, 0.6) is 0 Å². The van der Waals surface area contributed by atoms with E-state index in [-0.39, 0.29) is 0 Å². The van der Waals surface area contributed by atoms with E-state index in [1.54, 1.807) is 0 Å². The second-order valence-corrected chi connectivity index (χ2v) is 5.51. The Hall–Kier alpha value is -1.88. The zero-order valence-corrected chi connectivity index (χ0v) is 12.7. The van der Waals surface area contributed by atoms with Crippen LogP contribution < -0.4 is 10.2 Å². The van der Waals surface area contributed by atoms with Crippen LogP contribution in [0.3, 0.4) is 0 Å². The second kappa shape index (κ2) is 6.26. The molecule has 1 aliphatic heterocycles. The van der Waals surface area contributed by atoms with Crippen molar-refractivity contribution in [1.82, 2.24) is 9.97 Å². The molecule has 0 spiro atoms. The molecule has 0 bridgehead atoms. The minimum atomic E-state index is 0.301. The highest BCUT2D eigenvalue weighted by atomic mass is 16.5. The highest BCUT2D eigenvalue weighted by Crippen LogP contribution is 2.25. The molecule has 1 fully saturated rings.